The van der Waals surface area contributed by atoms with Gasteiger partial charge in [-0.3, -0.25) is 10.1 Å². The van der Waals surface area contributed by atoms with Crippen molar-refractivity contribution in [1.29, 1.82) is 0 Å². The van der Waals surface area contributed by atoms with Gasteiger partial charge in [0.15, 0.2) is 0 Å². The highest BCUT2D eigenvalue weighted by Crippen LogP contribution is 2.10. The summed E-state index contributed by atoms with van der Waals surface area (Å²) in [5.41, 5.74) is 0.917. The fourth-order valence-corrected chi connectivity index (χ4v) is 1.89. The van der Waals surface area contributed by atoms with Crippen LogP contribution in [0.3, 0.4) is 0 Å². The van der Waals surface area contributed by atoms with Crippen molar-refractivity contribution in [2.75, 3.05) is 13.1 Å². The van der Waals surface area contributed by atoms with Crippen molar-refractivity contribution < 1.29 is 4.79 Å². The van der Waals surface area contributed by atoms with E-state index in [0.717, 1.165) is 5.57 Å². The monoisotopic (exact) mass is 335 g/mol. The molecule has 0 radical (unpaired) electrons. The molecule has 0 aromatic heterocycles. The van der Waals surface area contributed by atoms with Gasteiger partial charge in [0.1, 0.15) is 0 Å². The van der Waals surface area contributed by atoms with Crippen LogP contribution in [-0.2, 0) is 4.79 Å². The first-order valence-corrected chi connectivity index (χ1v) is 7.76. The first-order valence-electron chi connectivity index (χ1n) is 7.38. The van der Waals surface area contributed by atoms with Crippen molar-refractivity contribution in [3.8, 4) is 0 Å². The zero-order valence-electron chi connectivity index (χ0n) is 13.6. The summed E-state index contributed by atoms with van der Waals surface area (Å²) in [5.74, 6) is -0.184. The van der Waals surface area contributed by atoms with E-state index in [9.17, 15) is 4.79 Å². The standard InChI is InChI=1S/C18H26ClN3O/c1-5-9-16(19)14-15(4)10-8-11-17(20-7-3)21-12-13-22-18(23)6-2/h5-9,11,14,17,20-21H,2-4,10,12-13H2,1H3,(H,22,23)/b9-5-,11-8+,16-14+. The molecule has 5 heteroatoms. The van der Waals surface area contributed by atoms with Crippen LogP contribution in [0.1, 0.15) is 13.3 Å². The zero-order chi connectivity index (χ0) is 17.5. The van der Waals surface area contributed by atoms with E-state index in [-0.39, 0.29) is 12.1 Å². The summed E-state index contributed by atoms with van der Waals surface area (Å²) in [7, 11) is 0. The van der Waals surface area contributed by atoms with E-state index in [2.05, 4.69) is 35.7 Å². The Bertz CT molecular complexity index is 492. The van der Waals surface area contributed by atoms with Gasteiger partial charge in [-0.05, 0) is 43.3 Å². The van der Waals surface area contributed by atoms with Crippen molar-refractivity contribution in [1.82, 2.24) is 16.0 Å². The molecule has 126 valence electrons. The number of allylic oxidation sites excluding steroid dienone is 6. The number of carbonyl (C=O) groups is 1. The molecule has 0 heterocycles. The summed E-state index contributed by atoms with van der Waals surface area (Å²) >= 11 is 6.00. The lowest BCUT2D eigenvalue weighted by Gasteiger charge is -2.15. The Morgan fingerprint density at radius 1 is 1.30 bits per heavy atom. The number of nitrogens with one attached hydrogen (secondary N) is 3. The van der Waals surface area contributed by atoms with Crippen molar-refractivity contribution in [3.63, 3.8) is 0 Å². The van der Waals surface area contributed by atoms with Crippen LogP contribution in [0, 0.1) is 0 Å². The quantitative estimate of drug-likeness (QED) is 0.169. The number of hydrogen-bond donors (Lipinski definition) is 3. The van der Waals surface area contributed by atoms with Gasteiger partial charge in [-0.2, -0.15) is 0 Å². The normalized spacial score (nSPS) is 13.0. The van der Waals surface area contributed by atoms with Gasteiger partial charge in [0, 0.05) is 18.1 Å². The Labute approximate surface area is 144 Å². The molecule has 1 amide bonds. The second-order valence-electron chi connectivity index (χ2n) is 4.62. The molecule has 0 aromatic carbocycles. The summed E-state index contributed by atoms with van der Waals surface area (Å²) in [6.45, 7) is 14.1. The van der Waals surface area contributed by atoms with Gasteiger partial charge in [-0.25, -0.2) is 0 Å². The Kier molecular flexibility index (Phi) is 12.4. The van der Waals surface area contributed by atoms with Crippen molar-refractivity contribution in [2.24, 2.45) is 0 Å². The second kappa shape index (κ2) is 13.6. The average Bonchev–Trinajstić information content (AvgIpc) is 2.51. The maximum absolute atomic E-state index is 11.0. The van der Waals surface area contributed by atoms with Gasteiger partial charge in [-0.1, -0.05) is 49.6 Å². The van der Waals surface area contributed by atoms with Gasteiger partial charge in [0.05, 0.1) is 6.17 Å². The molecule has 3 N–H and O–H groups in total. The Morgan fingerprint density at radius 3 is 2.65 bits per heavy atom. The minimum atomic E-state index is -0.184. The van der Waals surface area contributed by atoms with E-state index < -0.39 is 0 Å². The molecule has 1 atom stereocenters. The molecular weight excluding hydrogens is 310 g/mol. The van der Waals surface area contributed by atoms with Crippen LogP contribution >= 0.6 is 11.6 Å². The molecule has 0 aliphatic carbocycles. The first-order chi connectivity index (χ1) is 11.0. The Hall–Kier alpha value is -2.04. The van der Waals surface area contributed by atoms with E-state index in [1.54, 1.807) is 6.20 Å². The van der Waals surface area contributed by atoms with Crippen molar-refractivity contribution >= 4 is 17.5 Å². The van der Waals surface area contributed by atoms with E-state index in [1.165, 1.54) is 6.08 Å². The predicted octanol–water partition coefficient (Wildman–Crippen LogP) is 3.14. The molecule has 0 bridgehead atoms. The predicted molar refractivity (Wildman–Crippen MR) is 100.0 cm³/mol. The molecule has 0 saturated heterocycles. The highest BCUT2D eigenvalue weighted by atomic mass is 35.5. The molecular formula is C18H26ClN3O. The van der Waals surface area contributed by atoms with E-state index in [1.807, 2.05) is 37.3 Å². The number of hydrogen-bond acceptors (Lipinski definition) is 3. The molecule has 0 fully saturated rings. The van der Waals surface area contributed by atoms with Gasteiger partial charge < -0.3 is 10.6 Å². The number of amides is 1. The van der Waals surface area contributed by atoms with E-state index >= 15 is 0 Å². The van der Waals surface area contributed by atoms with Crippen LogP contribution in [0.25, 0.3) is 0 Å². The molecule has 0 aliphatic rings. The minimum absolute atomic E-state index is 0.0732. The summed E-state index contributed by atoms with van der Waals surface area (Å²) in [4.78, 5) is 11.0. The minimum Gasteiger partial charge on any atom is -0.373 e. The maximum Gasteiger partial charge on any atom is 0.243 e. The molecule has 0 spiro atoms. The van der Waals surface area contributed by atoms with Crippen LogP contribution in [0.5, 0.6) is 0 Å². The third-order valence-electron chi connectivity index (χ3n) is 2.65. The number of rotatable bonds is 12. The fraction of sp³-hybridized carbons (Fsp3) is 0.278. The van der Waals surface area contributed by atoms with E-state index in [4.69, 9.17) is 11.6 Å². The summed E-state index contributed by atoms with van der Waals surface area (Å²) in [6.07, 6.45) is 13.0. The number of carbonyl (C=O) groups excluding carboxylic acids is 1. The smallest absolute Gasteiger partial charge is 0.243 e. The maximum atomic E-state index is 11.0. The van der Waals surface area contributed by atoms with Gasteiger partial charge >= 0.3 is 0 Å². The lowest BCUT2D eigenvalue weighted by atomic mass is 10.2. The Balaban J connectivity index is 4.27. The van der Waals surface area contributed by atoms with Crippen LogP contribution in [0.15, 0.2) is 73.0 Å². The van der Waals surface area contributed by atoms with Crippen LogP contribution < -0.4 is 16.0 Å². The zero-order valence-corrected chi connectivity index (χ0v) is 14.4. The first kappa shape index (κ1) is 21.0. The van der Waals surface area contributed by atoms with Gasteiger partial charge in [0.25, 0.3) is 0 Å². The van der Waals surface area contributed by atoms with Gasteiger partial charge in [0.2, 0.25) is 5.91 Å². The molecule has 0 saturated carbocycles. The molecule has 0 aromatic rings. The SMILES string of the molecule is C=CNC(/C=C/CC(=C)/C=C(Cl)\C=C/C)NCCNC(=O)C=C. The van der Waals surface area contributed by atoms with Crippen molar-refractivity contribution in [2.45, 2.75) is 19.5 Å². The topological polar surface area (TPSA) is 53.2 Å². The highest BCUT2D eigenvalue weighted by Gasteiger charge is 2.00. The molecule has 1 unspecified atom stereocenters. The molecule has 23 heavy (non-hydrogen) atoms. The third-order valence-corrected chi connectivity index (χ3v) is 2.88. The highest BCUT2D eigenvalue weighted by molar-refractivity contribution is 6.31. The summed E-state index contributed by atoms with van der Waals surface area (Å²) in [5, 5.41) is 9.66. The van der Waals surface area contributed by atoms with Crippen LogP contribution in [0.4, 0.5) is 0 Å². The average molecular weight is 336 g/mol. The largest absolute Gasteiger partial charge is 0.373 e. The Morgan fingerprint density at radius 2 is 2.04 bits per heavy atom. The summed E-state index contributed by atoms with van der Waals surface area (Å²) in [6, 6.07) is 0. The molecule has 0 rings (SSSR count). The fourth-order valence-electron chi connectivity index (χ4n) is 1.61. The van der Waals surface area contributed by atoms with E-state index in [0.29, 0.717) is 24.5 Å². The van der Waals surface area contributed by atoms with Gasteiger partial charge in [-0.15, -0.1) is 0 Å². The second-order valence-corrected chi connectivity index (χ2v) is 5.05. The van der Waals surface area contributed by atoms with Crippen molar-refractivity contribution in [3.05, 3.63) is 73.0 Å². The lowest BCUT2D eigenvalue weighted by molar-refractivity contribution is -0.116. The molecule has 0 aliphatic heterocycles. The van der Waals surface area contributed by atoms with Crippen LogP contribution in [-0.4, -0.2) is 25.2 Å². The van der Waals surface area contributed by atoms with Crippen LogP contribution in [0.2, 0.25) is 0 Å². The molecule has 4 nitrogen and oxygen atoms in total. The lowest BCUT2D eigenvalue weighted by Crippen LogP contribution is -2.41. The number of halogens is 1. The third kappa shape index (κ3) is 12.2. The summed E-state index contributed by atoms with van der Waals surface area (Å²) < 4.78 is 0.